The summed E-state index contributed by atoms with van der Waals surface area (Å²) in [5, 5.41) is 11.6. The maximum absolute atomic E-state index is 13.9. The van der Waals surface area contributed by atoms with Gasteiger partial charge < -0.3 is 9.64 Å². The molecule has 0 N–H and O–H groups in total. The molecule has 0 spiro atoms. The molecule has 202 valence electrons. The number of ether oxygens (including phenoxy) is 1. The zero-order valence-electron chi connectivity index (χ0n) is 22.2. The first-order chi connectivity index (χ1) is 18.6. The van der Waals surface area contributed by atoms with Crippen LogP contribution in [0.4, 0.5) is 5.69 Å². The maximum Gasteiger partial charge on any atom is 0.270 e. The van der Waals surface area contributed by atoms with Crippen molar-refractivity contribution in [2.24, 2.45) is 0 Å². The first-order valence-electron chi connectivity index (χ1n) is 12.5. The second-order valence-corrected chi connectivity index (χ2v) is 9.77. The van der Waals surface area contributed by atoms with E-state index >= 15 is 0 Å². The van der Waals surface area contributed by atoms with Gasteiger partial charge in [-0.05, 0) is 57.0 Å². The molecule has 0 saturated carbocycles. The summed E-state index contributed by atoms with van der Waals surface area (Å²) in [6.07, 6.45) is 0.512. The predicted octanol–water partition coefficient (Wildman–Crippen LogP) is 5.80. The summed E-state index contributed by atoms with van der Waals surface area (Å²) in [4.78, 5) is 44.8. The maximum atomic E-state index is 13.9. The predicted molar refractivity (Wildman–Crippen MR) is 151 cm³/mol. The van der Waals surface area contributed by atoms with E-state index in [-0.39, 0.29) is 28.4 Å². The van der Waals surface area contributed by atoms with Crippen LogP contribution in [0.15, 0.2) is 65.5 Å². The molecule has 0 bridgehead atoms. The highest BCUT2D eigenvalue weighted by atomic mass is 35.5. The number of benzene rings is 3. The number of methoxy groups -OCH3 is 1. The average molecular weight is 549 g/mol. The summed E-state index contributed by atoms with van der Waals surface area (Å²) < 4.78 is 6.78. The number of halogens is 1. The molecule has 1 heterocycles. The van der Waals surface area contributed by atoms with E-state index < -0.39 is 16.9 Å². The number of carbonyl (C=O) groups excluding carboxylic acids is 1. The molecule has 4 rings (SSSR count). The normalized spacial score (nSPS) is 11.9. The minimum Gasteiger partial charge on any atom is -0.385 e. The van der Waals surface area contributed by atoms with Crippen LogP contribution in [-0.4, -0.2) is 45.5 Å². The molecule has 3 aromatic carbocycles. The molecule has 1 unspecified atom stereocenters. The van der Waals surface area contributed by atoms with Crippen LogP contribution in [0.2, 0.25) is 5.02 Å². The minimum atomic E-state index is -0.668. The fraction of sp³-hybridized carbons (Fsp3) is 0.276. The number of aryl methyl sites for hydroxylation is 2. The van der Waals surface area contributed by atoms with Crippen molar-refractivity contribution in [1.29, 1.82) is 0 Å². The van der Waals surface area contributed by atoms with Crippen LogP contribution in [0.25, 0.3) is 16.6 Å². The molecule has 4 aromatic rings. The molecular formula is C29H29ClN4O5. The number of fused-ring (bicyclic) bond motifs is 1. The van der Waals surface area contributed by atoms with Gasteiger partial charge in [0.15, 0.2) is 0 Å². The van der Waals surface area contributed by atoms with Gasteiger partial charge in [-0.1, -0.05) is 41.4 Å². The Labute approximate surface area is 230 Å². The van der Waals surface area contributed by atoms with Crippen LogP contribution in [0.1, 0.15) is 46.7 Å². The Morgan fingerprint density at radius 2 is 1.90 bits per heavy atom. The van der Waals surface area contributed by atoms with Gasteiger partial charge >= 0.3 is 0 Å². The van der Waals surface area contributed by atoms with E-state index in [1.165, 1.54) is 12.1 Å². The zero-order chi connectivity index (χ0) is 28.3. The number of para-hydroxylation sites is 1. The van der Waals surface area contributed by atoms with E-state index in [0.29, 0.717) is 35.4 Å². The molecule has 0 aliphatic rings. The topological polar surface area (TPSA) is 108 Å². The fourth-order valence-electron chi connectivity index (χ4n) is 4.65. The highest BCUT2D eigenvalue weighted by Crippen LogP contribution is 2.29. The van der Waals surface area contributed by atoms with Crippen molar-refractivity contribution in [3.63, 3.8) is 0 Å². The fourth-order valence-corrected chi connectivity index (χ4v) is 4.91. The highest BCUT2D eigenvalue weighted by molar-refractivity contribution is 6.34. The lowest BCUT2D eigenvalue weighted by molar-refractivity contribution is -0.384. The molecule has 1 atom stereocenters. The summed E-state index contributed by atoms with van der Waals surface area (Å²) in [5.74, 6) is -0.0532. The van der Waals surface area contributed by atoms with Gasteiger partial charge in [-0.25, -0.2) is 4.98 Å². The van der Waals surface area contributed by atoms with Crippen molar-refractivity contribution < 1.29 is 14.5 Å². The number of carbonyl (C=O) groups is 1. The van der Waals surface area contributed by atoms with Crippen molar-refractivity contribution in [2.45, 2.75) is 33.2 Å². The number of nitro groups is 1. The molecular weight excluding hydrogens is 520 g/mol. The highest BCUT2D eigenvalue weighted by Gasteiger charge is 2.29. The smallest absolute Gasteiger partial charge is 0.270 e. The van der Waals surface area contributed by atoms with Gasteiger partial charge in [-0.15, -0.1) is 0 Å². The second kappa shape index (κ2) is 11.8. The van der Waals surface area contributed by atoms with E-state index in [1.807, 2.05) is 38.1 Å². The van der Waals surface area contributed by atoms with Crippen LogP contribution < -0.4 is 5.56 Å². The minimum absolute atomic E-state index is 0.0311. The molecule has 0 aliphatic heterocycles. The van der Waals surface area contributed by atoms with Gasteiger partial charge in [0, 0.05) is 32.4 Å². The van der Waals surface area contributed by atoms with E-state index in [2.05, 4.69) is 0 Å². The standard InChI is InChI=1S/C29H29ClN4O5/c1-18-10-13-26(19(2)16-18)33-27(31-25-9-6-5-8-23(25)29(33)36)20(3)32(14-7-15-39-4)28(35)22-12-11-21(34(37)38)17-24(22)30/h5-6,8-13,16-17,20H,7,14-15H2,1-4H3. The lowest BCUT2D eigenvalue weighted by atomic mass is 10.1. The summed E-state index contributed by atoms with van der Waals surface area (Å²) in [7, 11) is 1.57. The lowest BCUT2D eigenvalue weighted by Crippen LogP contribution is -2.38. The average Bonchev–Trinajstić information content (AvgIpc) is 2.91. The Kier molecular flexibility index (Phi) is 8.42. The van der Waals surface area contributed by atoms with Crippen molar-refractivity contribution in [2.75, 3.05) is 20.3 Å². The van der Waals surface area contributed by atoms with Gasteiger partial charge in [0.1, 0.15) is 5.82 Å². The Morgan fingerprint density at radius 3 is 2.56 bits per heavy atom. The molecule has 0 aliphatic carbocycles. The summed E-state index contributed by atoms with van der Waals surface area (Å²) in [5.41, 5.74) is 2.79. The van der Waals surface area contributed by atoms with Gasteiger partial charge in [0.25, 0.3) is 17.2 Å². The SMILES string of the molecule is COCCCN(C(=O)c1ccc([N+](=O)[O-])cc1Cl)C(C)c1nc2ccccc2c(=O)n1-c1ccc(C)cc1C. The van der Waals surface area contributed by atoms with Crippen LogP contribution in [0.5, 0.6) is 0 Å². The number of hydrogen-bond donors (Lipinski definition) is 0. The van der Waals surface area contributed by atoms with E-state index in [1.54, 1.807) is 41.7 Å². The monoisotopic (exact) mass is 548 g/mol. The van der Waals surface area contributed by atoms with Gasteiger partial charge in [-0.3, -0.25) is 24.3 Å². The van der Waals surface area contributed by atoms with Gasteiger partial charge in [-0.2, -0.15) is 0 Å². The lowest BCUT2D eigenvalue weighted by Gasteiger charge is -2.31. The zero-order valence-corrected chi connectivity index (χ0v) is 22.9. The molecule has 0 radical (unpaired) electrons. The molecule has 9 nitrogen and oxygen atoms in total. The van der Waals surface area contributed by atoms with Crippen LogP contribution >= 0.6 is 11.6 Å². The van der Waals surface area contributed by atoms with Crippen LogP contribution in [-0.2, 0) is 4.74 Å². The van der Waals surface area contributed by atoms with Gasteiger partial charge in [0.2, 0.25) is 0 Å². The first-order valence-corrected chi connectivity index (χ1v) is 12.8. The summed E-state index contributed by atoms with van der Waals surface area (Å²) in [6, 6.07) is 16.0. The molecule has 39 heavy (non-hydrogen) atoms. The molecule has 1 aromatic heterocycles. The molecule has 1 amide bonds. The van der Waals surface area contributed by atoms with Crippen molar-refractivity contribution >= 4 is 34.1 Å². The first kappa shape index (κ1) is 27.9. The quantitative estimate of drug-likeness (QED) is 0.148. The van der Waals surface area contributed by atoms with E-state index in [0.717, 1.165) is 17.2 Å². The molecule has 0 fully saturated rings. The summed E-state index contributed by atoms with van der Waals surface area (Å²) >= 11 is 6.34. The Hall–Kier alpha value is -4.08. The summed E-state index contributed by atoms with van der Waals surface area (Å²) in [6.45, 7) is 6.39. The Bertz CT molecular complexity index is 1620. The number of hydrogen-bond acceptors (Lipinski definition) is 6. The van der Waals surface area contributed by atoms with E-state index in [4.69, 9.17) is 21.3 Å². The Morgan fingerprint density at radius 1 is 1.15 bits per heavy atom. The number of rotatable bonds is 9. The third-order valence-corrected chi connectivity index (χ3v) is 6.95. The van der Waals surface area contributed by atoms with Crippen LogP contribution in [0, 0.1) is 24.0 Å². The number of aromatic nitrogens is 2. The van der Waals surface area contributed by atoms with Gasteiger partial charge in [0.05, 0.1) is 38.1 Å². The van der Waals surface area contributed by atoms with Crippen molar-refractivity contribution in [1.82, 2.24) is 14.5 Å². The largest absolute Gasteiger partial charge is 0.385 e. The van der Waals surface area contributed by atoms with E-state index in [9.17, 15) is 19.7 Å². The van der Waals surface area contributed by atoms with Crippen molar-refractivity contribution in [3.8, 4) is 5.69 Å². The molecule has 0 saturated heterocycles. The molecule has 10 heteroatoms. The third-order valence-electron chi connectivity index (χ3n) is 6.64. The Balaban J connectivity index is 1.90. The number of nitrogens with zero attached hydrogens (tertiary/aromatic N) is 4. The number of amides is 1. The number of non-ortho nitro benzene ring substituents is 1. The van der Waals surface area contributed by atoms with Crippen molar-refractivity contribution in [3.05, 3.63) is 109 Å². The second-order valence-electron chi connectivity index (χ2n) is 9.36. The van der Waals surface area contributed by atoms with Crippen LogP contribution in [0.3, 0.4) is 0 Å². The third kappa shape index (κ3) is 5.69. The number of nitro benzene ring substituents is 1.